The van der Waals surface area contributed by atoms with Gasteiger partial charge in [0.15, 0.2) is 0 Å². The quantitative estimate of drug-likeness (QED) is 0.681. The first-order valence-corrected chi connectivity index (χ1v) is 8.16. The minimum atomic E-state index is -1.05. The number of hydrogen-bond donors (Lipinski definition) is 2. The van der Waals surface area contributed by atoms with Crippen LogP contribution in [0.15, 0.2) is 53.5 Å². The summed E-state index contributed by atoms with van der Waals surface area (Å²) < 4.78 is 40.8. The highest BCUT2D eigenvalue weighted by Gasteiger charge is 2.18. The van der Waals surface area contributed by atoms with Gasteiger partial charge in [0.25, 0.3) is 11.5 Å². The van der Waals surface area contributed by atoms with Crippen molar-refractivity contribution in [3.05, 3.63) is 82.0 Å². The fourth-order valence-corrected chi connectivity index (χ4v) is 2.56. The van der Waals surface area contributed by atoms with E-state index in [2.05, 4.69) is 10.3 Å². The summed E-state index contributed by atoms with van der Waals surface area (Å²) in [5.74, 6) is -4.28. The Hall–Kier alpha value is -3.95. The maximum Gasteiger partial charge on any atom is 0.267 e. The second-order valence-electron chi connectivity index (χ2n) is 5.93. The van der Waals surface area contributed by atoms with E-state index < -0.39 is 46.9 Å². The highest BCUT2D eigenvalue weighted by molar-refractivity contribution is 5.93. The van der Waals surface area contributed by atoms with E-state index in [4.69, 9.17) is 5.73 Å². The number of carbonyl (C=O) groups excluding carboxylic acids is 2. The van der Waals surface area contributed by atoms with Gasteiger partial charge in [0.05, 0.1) is 5.69 Å². The van der Waals surface area contributed by atoms with Crippen molar-refractivity contribution >= 4 is 17.5 Å². The molecule has 3 rings (SSSR count). The molecule has 0 radical (unpaired) electrons. The molecule has 0 spiro atoms. The highest BCUT2D eigenvalue weighted by atomic mass is 19.1. The van der Waals surface area contributed by atoms with Crippen LogP contribution in [0.1, 0.15) is 10.4 Å². The molecule has 1 heterocycles. The van der Waals surface area contributed by atoms with Crippen LogP contribution in [-0.2, 0) is 11.3 Å². The monoisotopic (exact) mass is 402 g/mol. The fraction of sp³-hybridized carbons (Fsp3) is 0.0526. The largest absolute Gasteiger partial charge is 0.365 e. The van der Waals surface area contributed by atoms with Crippen molar-refractivity contribution in [3.8, 4) is 11.4 Å². The molecule has 0 aliphatic carbocycles. The van der Waals surface area contributed by atoms with E-state index in [-0.39, 0.29) is 11.5 Å². The summed E-state index contributed by atoms with van der Waals surface area (Å²) in [7, 11) is 0. The summed E-state index contributed by atoms with van der Waals surface area (Å²) >= 11 is 0. The number of nitrogens with one attached hydrogen (secondary N) is 1. The molecule has 0 bridgehead atoms. The molecule has 0 atom stereocenters. The van der Waals surface area contributed by atoms with E-state index in [0.717, 1.165) is 35.0 Å². The predicted octanol–water partition coefficient (Wildman–Crippen LogP) is 2.07. The van der Waals surface area contributed by atoms with Crippen molar-refractivity contribution in [1.82, 2.24) is 9.55 Å². The normalized spacial score (nSPS) is 10.6. The maximum absolute atomic E-state index is 13.7. The third-order valence-electron chi connectivity index (χ3n) is 3.92. The number of nitrogens with two attached hydrogens (primary N) is 1. The summed E-state index contributed by atoms with van der Waals surface area (Å²) in [5.41, 5.74) is 3.78. The second kappa shape index (κ2) is 7.97. The number of amides is 2. The highest BCUT2D eigenvalue weighted by Crippen LogP contribution is 2.18. The summed E-state index contributed by atoms with van der Waals surface area (Å²) in [6, 6.07) is 7.46. The first-order valence-electron chi connectivity index (χ1n) is 8.16. The lowest BCUT2D eigenvalue weighted by Gasteiger charge is -2.13. The summed E-state index contributed by atoms with van der Waals surface area (Å²) in [6.07, 6.45) is 0.956. The maximum atomic E-state index is 13.7. The van der Waals surface area contributed by atoms with Crippen LogP contribution in [0.5, 0.6) is 0 Å². The Balaban J connectivity index is 2.00. The number of primary amides is 1. The number of anilines is 1. The first kappa shape index (κ1) is 19.8. The van der Waals surface area contributed by atoms with Crippen molar-refractivity contribution in [2.75, 3.05) is 5.32 Å². The molecule has 0 aliphatic heterocycles. The van der Waals surface area contributed by atoms with E-state index in [1.165, 1.54) is 12.1 Å². The van der Waals surface area contributed by atoms with Crippen LogP contribution >= 0.6 is 0 Å². The van der Waals surface area contributed by atoms with Gasteiger partial charge in [-0.15, -0.1) is 0 Å². The average Bonchev–Trinajstić information content (AvgIpc) is 2.66. The van der Waals surface area contributed by atoms with Gasteiger partial charge in [-0.05, 0) is 36.4 Å². The molecule has 7 nitrogen and oxygen atoms in total. The van der Waals surface area contributed by atoms with E-state index >= 15 is 0 Å². The Bertz CT molecular complexity index is 1160. The summed E-state index contributed by atoms with van der Waals surface area (Å²) in [4.78, 5) is 40.4. The zero-order valence-corrected chi connectivity index (χ0v) is 14.7. The van der Waals surface area contributed by atoms with Crippen molar-refractivity contribution in [2.45, 2.75) is 6.54 Å². The first-order chi connectivity index (χ1) is 13.8. The van der Waals surface area contributed by atoms with Crippen LogP contribution in [0.4, 0.5) is 18.9 Å². The molecule has 0 saturated heterocycles. The number of aromatic nitrogens is 2. The predicted molar refractivity (Wildman–Crippen MR) is 97.4 cm³/mol. The van der Waals surface area contributed by atoms with E-state index in [9.17, 15) is 27.6 Å². The Morgan fingerprint density at radius 3 is 2.31 bits per heavy atom. The van der Waals surface area contributed by atoms with Crippen LogP contribution in [0.25, 0.3) is 11.4 Å². The molecule has 10 heteroatoms. The molecule has 3 aromatic rings. The van der Waals surface area contributed by atoms with Crippen LogP contribution < -0.4 is 16.6 Å². The van der Waals surface area contributed by atoms with Crippen LogP contribution in [0.2, 0.25) is 0 Å². The number of carbonyl (C=O) groups is 2. The number of rotatable bonds is 5. The summed E-state index contributed by atoms with van der Waals surface area (Å²) in [6.45, 7) is -0.656. The van der Waals surface area contributed by atoms with Crippen LogP contribution in [-0.4, -0.2) is 21.4 Å². The van der Waals surface area contributed by atoms with E-state index in [1.54, 1.807) is 0 Å². The molecule has 2 aromatic carbocycles. The van der Waals surface area contributed by atoms with E-state index in [0.29, 0.717) is 11.6 Å². The average molecular weight is 402 g/mol. The van der Waals surface area contributed by atoms with Crippen LogP contribution in [0, 0.1) is 17.5 Å². The van der Waals surface area contributed by atoms with Crippen molar-refractivity contribution in [3.63, 3.8) is 0 Å². The van der Waals surface area contributed by atoms with Gasteiger partial charge >= 0.3 is 0 Å². The van der Waals surface area contributed by atoms with Gasteiger partial charge in [0.2, 0.25) is 5.91 Å². The molecule has 1 aromatic heterocycles. The van der Waals surface area contributed by atoms with Gasteiger partial charge in [-0.25, -0.2) is 18.2 Å². The van der Waals surface area contributed by atoms with Gasteiger partial charge in [0.1, 0.15) is 35.4 Å². The molecular formula is C19H13F3N4O3. The lowest BCUT2D eigenvalue weighted by molar-refractivity contribution is -0.116. The fourth-order valence-electron chi connectivity index (χ4n) is 2.56. The molecule has 29 heavy (non-hydrogen) atoms. The molecule has 2 amide bonds. The summed E-state index contributed by atoms with van der Waals surface area (Å²) in [5, 5.41) is 2.21. The third kappa shape index (κ3) is 4.32. The Kier molecular flexibility index (Phi) is 5.44. The minimum absolute atomic E-state index is 0.0327. The van der Waals surface area contributed by atoms with Gasteiger partial charge in [-0.3, -0.25) is 19.0 Å². The number of nitrogens with zero attached hydrogens (tertiary/aromatic N) is 2. The Morgan fingerprint density at radius 1 is 1.03 bits per heavy atom. The topological polar surface area (TPSA) is 107 Å². The van der Waals surface area contributed by atoms with Gasteiger partial charge in [-0.1, -0.05) is 0 Å². The lowest BCUT2D eigenvalue weighted by atomic mass is 10.2. The van der Waals surface area contributed by atoms with Gasteiger partial charge < -0.3 is 11.1 Å². The van der Waals surface area contributed by atoms with Crippen molar-refractivity contribution in [2.24, 2.45) is 5.73 Å². The van der Waals surface area contributed by atoms with Crippen LogP contribution in [0.3, 0.4) is 0 Å². The zero-order chi connectivity index (χ0) is 21.1. The molecule has 148 valence electrons. The third-order valence-corrected chi connectivity index (χ3v) is 3.92. The number of halogens is 3. The van der Waals surface area contributed by atoms with E-state index in [1.807, 2.05) is 0 Å². The molecule has 0 saturated carbocycles. The molecular weight excluding hydrogens is 389 g/mol. The Labute approximate surface area is 161 Å². The SMILES string of the molecule is NC(=O)c1cnc(-c2ccc(F)cc2)n(CC(=O)Nc2ccc(F)cc2F)c1=O. The van der Waals surface area contributed by atoms with Gasteiger partial charge in [0, 0.05) is 17.8 Å². The second-order valence-corrected chi connectivity index (χ2v) is 5.93. The van der Waals surface area contributed by atoms with Crippen molar-refractivity contribution in [1.29, 1.82) is 0 Å². The number of hydrogen-bond acceptors (Lipinski definition) is 4. The molecule has 0 aliphatic rings. The number of benzene rings is 2. The molecule has 0 fully saturated rings. The Morgan fingerprint density at radius 2 is 1.69 bits per heavy atom. The molecule has 0 unspecified atom stereocenters. The standard InChI is InChI=1S/C19H13F3N4O3/c20-11-3-1-10(2-4-11)18-24-8-13(17(23)28)19(29)26(18)9-16(27)25-15-6-5-12(21)7-14(15)22/h1-8H,9H2,(H2,23,28)(H,25,27). The van der Waals surface area contributed by atoms with Gasteiger partial charge in [-0.2, -0.15) is 0 Å². The lowest BCUT2D eigenvalue weighted by Crippen LogP contribution is -2.34. The zero-order valence-electron chi connectivity index (χ0n) is 14.7. The van der Waals surface area contributed by atoms with Crippen molar-refractivity contribution < 1.29 is 22.8 Å². The smallest absolute Gasteiger partial charge is 0.267 e. The molecule has 3 N–H and O–H groups in total. The minimum Gasteiger partial charge on any atom is -0.365 e.